The fraction of sp³-hybridized carbons (Fsp3) is 0.552. The number of nitrogens with one attached hydrogen (secondary N) is 1. The average molecular weight is 754 g/mol. The predicted octanol–water partition coefficient (Wildman–Crippen LogP) is 6.10. The molecule has 2 aromatic carbocycles. The first-order chi connectivity index (χ1) is 20.4. The molecule has 15 heteroatoms. The molecule has 0 bridgehead atoms. The van der Waals surface area contributed by atoms with E-state index < -0.39 is 38.2 Å². The Morgan fingerprint density at radius 2 is 1.59 bits per heavy atom. The van der Waals surface area contributed by atoms with Crippen molar-refractivity contribution in [2.45, 2.75) is 57.5 Å². The molecule has 0 aromatic heterocycles. The van der Waals surface area contributed by atoms with Crippen molar-refractivity contribution in [2.24, 2.45) is 0 Å². The number of amides is 1. The van der Waals surface area contributed by atoms with Crippen LogP contribution in [0.1, 0.15) is 11.7 Å². The van der Waals surface area contributed by atoms with Crippen LogP contribution in [0.3, 0.4) is 0 Å². The van der Waals surface area contributed by atoms with E-state index in [0.717, 1.165) is 27.1 Å². The quantitative estimate of drug-likeness (QED) is 0.100. The van der Waals surface area contributed by atoms with E-state index in [-0.39, 0.29) is 38.1 Å². The fourth-order valence-corrected chi connectivity index (χ4v) is 6.59. The lowest BCUT2D eigenvalue weighted by Gasteiger charge is -2.26. The largest absolute Gasteiger partial charge is 0.482 e. The Labute approximate surface area is 277 Å². The zero-order chi connectivity index (χ0) is 33.1. The summed E-state index contributed by atoms with van der Waals surface area (Å²) in [5, 5.41) is 13.9. The molecule has 0 aliphatic rings. The van der Waals surface area contributed by atoms with Crippen molar-refractivity contribution in [1.29, 1.82) is 0 Å². The average Bonchev–Trinajstić information content (AvgIpc) is 2.89. The van der Waals surface area contributed by atoms with Crippen LogP contribution in [0.25, 0.3) is 0 Å². The van der Waals surface area contributed by atoms with Crippen LogP contribution < -0.4 is 19.1 Å². The van der Waals surface area contributed by atoms with Crippen LogP contribution >= 0.6 is 27.5 Å². The Hall–Kier alpha value is -1.66. The molecule has 2 rings (SSSR count). The highest BCUT2D eigenvalue weighted by molar-refractivity contribution is 9.10. The second-order valence-corrected chi connectivity index (χ2v) is 27.3. The molecule has 1 atom stereocenters. The molecule has 0 saturated carbocycles. The number of aliphatic hydroxyl groups is 1. The molecule has 0 saturated heterocycles. The molecule has 0 radical (unpaired) electrons. The second-order valence-electron chi connectivity index (χ2n) is 12.9. The van der Waals surface area contributed by atoms with Gasteiger partial charge < -0.3 is 29.4 Å². The highest BCUT2D eigenvalue weighted by Crippen LogP contribution is 2.33. The van der Waals surface area contributed by atoms with Gasteiger partial charge in [-0.2, -0.15) is 0 Å². The molecule has 1 amide bonds. The first-order valence-electron chi connectivity index (χ1n) is 14.3. The smallest absolute Gasteiger partial charge is 0.258 e. The van der Waals surface area contributed by atoms with Crippen molar-refractivity contribution in [3.8, 4) is 11.5 Å². The number of ether oxygens (including phenoxy) is 4. The standard InChI is InChI=1S/C29H46BrClN2O8SSi2/c1-42(36,37)33(20-38-12-14-43(2,3)4)25-16-22(8-10-28(25)41-21-39-13-15-44(5,6)7)26(34)18-32-29(35)19-40-27-11-9-23(30)17-24(27)31/h8-11,16-17,26,34H,12-15,18-21H2,1-7H3,(H,32,35)/t26-/m1/s1. The maximum atomic E-state index is 12.9. The summed E-state index contributed by atoms with van der Waals surface area (Å²) >= 11 is 9.45. The molecule has 0 unspecified atom stereocenters. The van der Waals surface area contributed by atoms with Gasteiger partial charge >= 0.3 is 0 Å². The molecular formula is C29H46BrClN2O8SSi2. The number of rotatable bonds is 19. The normalized spacial score (nSPS) is 13.0. The third kappa shape index (κ3) is 14.6. The first kappa shape index (κ1) is 38.5. The number of hydrogen-bond donors (Lipinski definition) is 2. The van der Waals surface area contributed by atoms with E-state index in [4.69, 9.17) is 30.5 Å². The van der Waals surface area contributed by atoms with Crippen molar-refractivity contribution in [3.63, 3.8) is 0 Å². The molecule has 0 heterocycles. The Morgan fingerprint density at radius 3 is 2.18 bits per heavy atom. The predicted molar refractivity (Wildman–Crippen MR) is 185 cm³/mol. The Balaban J connectivity index is 2.17. The van der Waals surface area contributed by atoms with Gasteiger partial charge in [0.05, 0.1) is 23.1 Å². The fourth-order valence-electron chi connectivity index (χ4n) is 3.59. The Morgan fingerprint density at radius 1 is 0.977 bits per heavy atom. The maximum absolute atomic E-state index is 12.9. The van der Waals surface area contributed by atoms with E-state index in [0.29, 0.717) is 29.5 Å². The van der Waals surface area contributed by atoms with Crippen molar-refractivity contribution in [3.05, 3.63) is 51.5 Å². The minimum absolute atomic E-state index is 0.0636. The van der Waals surface area contributed by atoms with Gasteiger partial charge in [0.15, 0.2) is 13.4 Å². The lowest BCUT2D eigenvalue weighted by atomic mass is 10.1. The molecule has 10 nitrogen and oxygen atoms in total. The van der Waals surface area contributed by atoms with Gasteiger partial charge in [0.2, 0.25) is 10.0 Å². The van der Waals surface area contributed by atoms with Gasteiger partial charge in [-0.1, -0.05) is 72.9 Å². The summed E-state index contributed by atoms with van der Waals surface area (Å²) in [4.78, 5) is 12.4. The Kier molecular flexibility index (Phi) is 15.2. The number of sulfonamides is 1. The Bertz CT molecular complexity index is 1340. The number of carbonyl (C=O) groups excluding carboxylic acids is 1. The van der Waals surface area contributed by atoms with Crippen molar-refractivity contribution in [2.75, 3.05) is 50.5 Å². The molecule has 0 spiro atoms. The van der Waals surface area contributed by atoms with Crippen LogP contribution in [-0.4, -0.2) is 81.7 Å². The van der Waals surface area contributed by atoms with Crippen LogP contribution in [0.15, 0.2) is 40.9 Å². The topological polar surface area (TPSA) is 124 Å². The summed E-state index contributed by atoms with van der Waals surface area (Å²) in [6.07, 6.45) is -0.0605. The monoisotopic (exact) mass is 752 g/mol. The minimum Gasteiger partial charge on any atom is -0.482 e. The molecule has 2 N–H and O–H groups in total. The van der Waals surface area contributed by atoms with Crippen LogP contribution in [-0.2, 0) is 24.3 Å². The van der Waals surface area contributed by atoms with Crippen LogP contribution in [0.4, 0.5) is 5.69 Å². The summed E-state index contributed by atoms with van der Waals surface area (Å²) in [6.45, 7) is 13.6. The molecule has 248 valence electrons. The molecule has 0 aliphatic heterocycles. The van der Waals surface area contributed by atoms with Crippen LogP contribution in [0.5, 0.6) is 11.5 Å². The van der Waals surface area contributed by atoms with Gasteiger partial charge in [0.1, 0.15) is 18.2 Å². The summed E-state index contributed by atoms with van der Waals surface area (Å²) in [6, 6.07) is 11.6. The van der Waals surface area contributed by atoms with E-state index in [1.807, 2.05) is 0 Å². The molecule has 2 aromatic rings. The lowest BCUT2D eigenvalue weighted by Crippen LogP contribution is -2.34. The van der Waals surface area contributed by atoms with E-state index in [1.54, 1.807) is 30.3 Å². The van der Waals surface area contributed by atoms with Crippen LogP contribution in [0, 0.1) is 0 Å². The SMILES string of the molecule is C[Si](C)(C)CCOCOc1ccc([C@H](O)CNC(=O)COc2ccc(Br)cc2Cl)cc1N(COCC[Si](C)(C)C)S(C)(=O)=O. The van der Waals surface area contributed by atoms with E-state index in [9.17, 15) is 18.3 Å². The van der Waals surface area contributed by atoms with Gasteiger partial charge in [0.25, 0.3) is 5.91 Å². The highest BCUT2D eigenvalue weighted by atomic mass is 79.9. The second kappa shape index (κ2) is 17.3. The van der Waals surface area contributed by atoms with Crippen molar-refractivity contribution < 1.29 is 37.3 Å². The lowest BCUT2D eigenvalue weighted by molar-refractivity contribution is -0.123. The van der Waals surface area contributed by atoms with Gasteiger partial charge in [-0.15, -0.1) is 0 Å². The highest BCUT2D eigenvalue weighted by Gasteiger charge is 2.24. The number of anilines is 1. The third-order valence-corrected chi connectivity index (χ3v) is 11.6. The first-order valence-corrected chi connectivity index (χ1v) is 24.7. The van der Waals surface area contributed by atoms with E-state index >= 15 is 0 Å². The minimum atomic E-state index is -3.80. The summed E-state index contributed by atoms with van der Waals surface area (Å²) in [5.74, 6) is 0.146. The zero-order valence-electron chi connectivity index (χ0n) is 26.6. The molecule has 44 heavy (non-hydrogen) atoms. The summed E-state index contributed by atoms with van der Waals surface area (Å²) in [7, 11) is -6.48. The van der Waals surface area contributed by atoms with Gasteiger partial charge in [-0.05, 0) is 48.0 Å². The number of aliphatic hydroxyl groups excluding tert-OH is 1. The maximum Gasteiger partial charge on any atom is 0.258 e. The summed E-state index contributed by atoms with van der Waals surface area (Å²) in [5.41, 5.74) is 0.574. The molecular weight excluding hydrogens is 708 g/mol. The summed E-state index contributed by atoms with van der Waals surface area (Å²) < 4.78 is 50.5. The van der Waals surface area contributed by atoms with Crippen LogP contribution in [0.2, 0.25) is 56.4 Å². The number of nitrogens with zero attached hydrogens (tertiary/aromatic N) is 1. The third-order valence-electron chi connectivity index (χ3n) is 6.28. The van der Waals surface area contributed by atoms with Crippen molar-refractivity contribution >= 4 is 65.3 Å². The number of hydrogen-bond acceptors (Lipinski definition) is 8. The van der Waals surface area contributed by atoms with Gasteiger partial charge in [0, 0.05) is 40.4 Å². The van der Waals surface area contributed by atoms with Gasteiger partial charge in [-0.25, -0.2) is 12.7 Å². The number of carbonyl (C=O) groups is 1. The van der Waals surface area contributed by atoms with E-state index in [2.05, 4.69) is 60.5 Å². The van der Waals surface area contributed by atoms with Crippen molar-refractivity contribution in [1.82, 2.24) is 5.32 Å². The molecule has 0 aliphatic carbocycles. The van der Waals surface area contributed by atoms with E-state index in [1.165, 1.54) is 6.07 Å². The number of benzene rings is 2. The number of halogens is 2. The van der Waals surface area contributed by atoms with Gasteiger partial charge in [-0.3, -0.25) is 4.79 Å². The molecule has 0 fully saturated rings. The zero-order valence-corrected chi connectivity index (χ0v) is 31.8.